The minimum atomic E-state index is -4.65. The molecule has 1 rings (SSSR count). The van der Waals surface area contributed by atoms with Crippen molar-refractivity contribution < 1.29 is 13.2 Å². The summed E-state index contributed by atoms with van der Waals surface area (Å²) in [6.07, 6.45) is -4.65. The van der Waals surface area contributed by atoms with E-state index in [1.54, 1.807) is 30.3 Å². The zero-order chi connectivity index (χ0) is 10.6. The fraction of sp³-hybridized carbons (Fsp3) is 0.125. The lowest BCUT2D eigenvalue weighted by atomic mass is 10.3. The van der Waals surface area contributed by atoms with Gasteiger partial charge in [0.05, 0.1) is 0 Å². The Morgan fingerprint density at radius 1 is 1.21 bits per heavy atom. The molecule has 0 spiro atoms. The molecule has 0 saturated carbocycles. The van der Waals surface area contributed by atoms with E-state index in [1.807, 2.05) is 0 Å². The van der Waals surface area contributed by atoms with Crippen molar-refractivity contribution in [2.24, 2.45) is 10.7 Å². The number of hydrogen-bond acceptors (Lipinski definition) is 1. The minimum Gasteiger partial charge on any atom is -0.369 e. The van der Waals surface area contributed by atoms with E-state index < -0.39 is 12.3 Å². The number of rotatable bonds is 1. The third-order valence-electron chi connectivity index (χ3n) is 1.29. The number of nitrogens with zero attached hydrogens (tertiary/aromatic N) is 1. The molecule has 3 nitrogen and oxygen atoms in total. The summed E-state index contributed by atoms with van der Waals surface area (Å²) in [4.78, 5) is 2.29. The number of nitrogens with one attached hydrogen (secondary N) is 1. The molecular weight excluding hydrogens is 195 g/mol. The van der Waals surface area contributed by atoms with Gasteiger partial charge in [0, 0.05) is 5.69 Å². The van der Waals surface area contributed by atoms with Crippen molar-refractivity contribution in [2.45, 2.75) is 6.30 Å². The summed E-state index contributed by atoms with van der Waals surface area (Å²) in [6.45, 7) is 0. The molecule has 0 heterocycles. The van der Waals surface area contributed by atoms with Crippen molar-refractivity contribution in [3.63, 3.8) is 0 Å². The Morgan fingerprint density at radius 2 is 1.79 bits per heavy atom. The third kappa shape index (κ3) is 3.79. The topological polar surface area (TPSA) is 50.4 Å². The highest BCUT2D eigenvalue weighted by molar-refractivity contribution is 5.92. The fourth-order valence-corrected chi connectivity index (χ4v) is 0.834. The molecule has 0 saturated heterocycles. The van der Waals surface area contributed by atoms with Crippen LogP contribution in [0.3, 0.4) is 0 Å². The molecule has 0 fully saturated rings. The fourth-order valence-electron chi connectivity index (χ4n) is 0.834. The van der Waals surface area contributed by atoms with E-state index in [9.17, 15) is 13.2 Å². The van der Waals surface area contributed by atoms with Crippen LogP contribution in [-0.4, -0.2) is 12.3 Å². The van der Waals surface area contributed by atoms with Crippen molar-refractivity contribution in [1.82, 2.24) is 0 Å². The van der Waals surface area contributed by atoms with Gasteiger partial charge in [-0.1, -0.05) is 18.2 Å². The molecule has 3 N–H and O–H groups in total. The first-order valence-electron chi connectivity index (χ1n) is 3.71. The molecule has 0 unspecified atom stereocenters. The van der Waals surface area contributed by atoms with Crippen LogP contribution in [0.4, 0.5) is 18.9 Å². The Morgan fingerprint density at radius 3 is 2.29 bits per heavy atom. The average Bonchev–Trinajstić information content (AvgIpc) is 2.02. The monoisotopic (exact) mass is 203 g/mol. The van der Waals surface area contributed by atoms with Crippen molar-refractivity contribution >= 4 is 11.6 Å². The van der Waals surface area contributed by atoms with Crippen LogP contribution in [0.2, 0.25) is 0 Å². The van der Waals surface area contributed by atoms with E-state index in [0.717, 1.165) is 0 Å². The number of guanidine groups is 1. The van der Waals surface area contributed by atoms with E-state index >= 15 is 0 Å². The Bertz CT molecular complexity index is 318. The molecule has 76 valence electrons. The standard InChI is InChI=1S/C8H8F3N3/c9-8(10,11)14-7(12)13-6-4-2-1-3-5-6/h1-5H,(H3,12,13,14). The number of hydrogen-bond donors (Lipinski definition) is 2. The van der Waals surface area contributed by atoms with Gasteiger partial charge in [0.2, 0.25) is 5.96 Å². The second-order valence-corrected chi connectivity index (χ2v) is 2.46. The van der Waals surface area contributed by atoms with Gasteiger partial charge in [-0.3, -0.25) is 0 Å². The van der Waals surface area contributed by atoms with Gasteiger partial charge in [-0.15, -0.1) is 13.2 Å². The number of benzene rings is 1. The Kier molecular flexibility index (Phi) is 2.95. The van der Waals surface area contributed by atoms with Crippen LogP contribution < -0.4 is 11.1 Å². The predicted molar refractivity (Wildman–Crippen MR) is 47.7 cm³/mol. The molecule has 0 aromatic heterocycles. The zero-order valence-electron chi connectivity index (χ0n) is 7.05. The van der Waals surface area contributed by atoms with Gasteiger partial charge in [0.15, 0.2) is 0 Å². The van der Waals surface area contributed by atoms with Crippen molar-refractivity contribution in [2.75, 3.05) is 5.32 Å². The first-order chi connectivity index (χ1) is 6.47. The Labute approximate surface area is 78.4 Å². The number of nitrogens with two attached hydrogens (primary N) is 1. The molecule has 0 aliphatic heterocycles. The second kappa shape index (κ2) is 3.99. The first kappa shape index (κ1) is 10.4. The maximum atomic E-state index is 11.7. The summed E-state index contributed by atoms with van der Waals surface area (Å²) < 4.78 is 35.1. The van der Waals surface area contributed by atoms with Gasteiger partial charge in [-0.05, 0) is 12.1 Å². The largest absolute Gasteiger partial charge is 0.506 e. The molecule has 0 aliphatic carbocycles. The maximum Gasteiger partial charge on any atom is 0.506 e. The first-order valence-corrected chi connectivity index (χ1v) is 3.71. The lowest BCUT2D eigenvalue weighted by Crippen LogP contribution is -2.25. The SMILES string of the molecule is NC(=NC(F)(F)F)Nc1ccccc1. The Hall–Kier alpha value is -1.72. The summed E-state index contributed by atoms with van der Waals surface area (Å²) in [5, 5.41) is 2.31. The zero-order valence-corrected chi connectivity index (χ0v) is 7.05. The molecule has 0 radical (unpaired) electrons. The summed E-state index contributed by atoms with van der Waals surface area (Å²) in [5.74, 6) is -0.677. The van der Waals surface area contributed by atoms with Crippen molar-refractivity contribution in [3.8, 4) is 0 Å². The second-order valence-electron chi connectivity index (χ2n) is 2.46. The van der Waals surface area contributed by atoms with E-state index in [2.05, 4.69) is 10.3 Å². The number of aliphatic imine (C=N–C) groups is 1. The molecule has 0 aliphatic rings. The van der Waals surface area contributed by atoms with Crippen LogP contribution >= 0.6 is 0 Å². The van der Waals surface area contributed by atoms with Crippen molar-refractivity contribution in [1.29, 1.82) is 0 Å². The summed E-state index contributed by atoms with van der Waals surface area (Å²) >= 11 is 0. The van der Waals surface area contributed by atoms with Gasteiger partial charge in [-0.25, -0.2) is 0 Å². The molecule has 1 aromatic rings. The summed E-state index contributed by atoms with van der Waals surface area (Å²) in [6, 6.07) is 8.24. The van der Waals surface area contributed by atoms with Crippen LogP contribution in [0.25, 0.3) is 0 Å². The summed E-state index contributed by atoms with van der Waals surface area (Å²) in [5.41, 5.74) is 5.47. The molecular formula is C8H8F3N3. The molecule has 6 heteroatoms. The smallest absolute Gasteiger partial charge is 0.369 e. The van der Waals surface area contributed by atoms with E-state index in [-0.39, 0.29) is 0 Å². The number of halogens is 3. The highest BCUT2D eigenvalue weighted by atomic mass is 19.4. The predicted octanol–water partition coefficient (Wildman–Crippen LogP) is 1.93. The minimum absolute atomic E-state index is 0.456. The van der Waals surface area contributed by atoms with Gasteiger partial charge in [0.1, 0.15) is 0 Å². The van der Waals surface area contributed by atoms with E-state index in [4.69, 9.17) is 5.73 Å². The normalized spacial score (nSPS) is 12.6. The van der Waals surface area contributed by atoms with E-state index in [1.165, 1.54) is 0 Å². The maximum absolute atomic E-state index is 11.7. The highest BCUT2D eigenvalue weighted by Gasteiger charge is 2.26. The number of para-hydroxylation sites is 1. The molecule has 1 aromatic carbocycles. The quantitative estimate of drug-likeness (QED) is 0.416. The van der Waals surface area contributed by atoms with Crippen molar-refractivity contribution in [3.05, 3.63) is 30.3 Å². The van der Waals surface area contributed by atoms with Crippen LogP contribution in [0.15, 0.2) is 35.3 Å². The lowest BCUT2D eigenvalue weighted by molar-refractivity contribution is -0.119. The Balaban J connectivity index is 2.67. The van der Waals surface area contributed by atoms with Crippen LogP contribution in [0, 0.1) is 0 Å². The number of alkyl halides is 3. The molecule has 0 amide bonds. The van der Waals surface area contributed by atoms with Gasteiger partial charge >= 0.3 is 6.30 Å². The number of anilines is 1. The average molecular weight is 203 g/mol. The molecule has 0 atom stereocenters. The van der Waals surface area contributed by atoms with Gasteiger partial charge in [-0.2, -0.15) is 4.99 Å². The molecule has 0 bridgehead atoms. The lowest BCUT2D eigenvalue weighted by Gasteiger charge is -2.05. The van der Waals surface area contributed by atoms with Crippen LogP contribution in [0.1, 0.15) is 0 Å². The summed E-state index contributed by atoms with van der Waals surface area (Å²) in [7, 11) is 0. The third-order valence-corrected chi connectivity index (χ3v) is 1.29. The molecule has 14 heavy (non-hydrogen) atoms. The van der Waals surface area contributed by atoms with Crippen LogP contribution in [0.5, 0.6) is 0 Å². The van der Waals surface area contributed by atoms with E-state index in [0.29, 0.717) is 5.69 Å². The van der Waals surface area contributed by atoms with Crippen LogP contribution in [-0.2, 0) is 0 Å². The van der Waals surface area contributed by atoms with Gasteiger partial charge in [0.25, 0.3) is 0 Å². The van der Waals surface area contributed by atoms with Gasteiger partial charge < -0.3 is 11.1 Å². The highest BCUT2D eigenvalue weighted by Crippen LogP contribution is 2.16.